The lowest BCUT2D eigenvalue weighted by Gasteiger charge is -2.04. The van der Waals surface area contributed by atoms with Gasteiger partial charge in [-0.05, 0) is 18.9 Å². The van der Waals surface area contributed by atoms with Crippen LogP contribution in [0.3, 0.4) is 0 Å². The lowest BCUT2D eigenvalue weighted by molar-refractivity contribution is -0.107. The molecule has 2 heteroatoms. The van der Waals surface area contributed by atoms with E-state index in [9.17, 15) is 4.79 Å². The van der Waals surface area contributed by atoms with Crippen LogP contribution < -0.4 is 5.32 Å². The number of nitrogens with one attached hydrogen (secondary N) is 1. The summed E-state index contributed by atoms with van der Waals surface area (Å²) in [5.74, 6) is 0.856. The van der Waals surface area contributed by atoms with Gasteiger partial charge >= 0.3 is 0 Å². The first-order valence-corrected chi connectivity index (χ1v) is 6.41. The lowest BCUT2D eigenvalue weighted by atomic mass is 10.0. The number of aldehydes is 1. The van der Waals surface area contributed by atoms with Gasteiger partial charge in [0.15, 0.2) is 0 Å². The van der Waals surface area contributed by atoms with E-state index in [2.05, 4.69) is 19.2 Å². The first-order valence-electron chi connectivity index (χ1n) is 6.41. The highest BCUT2D eigenvalue weighted by molar-refractivity contribution is 5.49. The second-order valence-electron chi connectivity index (χ2n) is 4.66. The highest BCUT2D eigenvalue weighted by Gasteiger charge is 1.94. The summed E-state index contributed by atoms with van der Waals surface area (Å²) in [7, 11) is 0. The van der Waals surface area contributed by atoms with E-state index in [1.807, 2.05) is 0 Å². The summed E-state index contributed by atoms with van der Waals surface area (Å²) in [6.07, 6.45) is 9.70. The molecule has 0 saturated carbocycles. The Kier molecular flexibility index (Phi) is 11.4. The average molecular weight is 213 g/mol. The second kappa shape index (κ2) is 11.7. The van der Waals surface area contributed by atoms with E-state index in [1.165, 1.54) is 38.5 Å². The van der Waals surface area contributed by atoms with Gasteiger partial charge < -0.3 is 10.1 Å². The molecule has 0 aromatic rings. The van der Waals surface area contributed by atoms with Crippen LogP contribution in [0.4, 0.5) is 0 Å². The van der Waals surface area contributed by atoms with Crippen molar-refractivity contribution in [2.75, 3.05) is 13.1 Å². The van der Waals surface area contributed by atoms with Crippen LogP contribution in [0, 0.1) is 5.92 Å². The van der Waals surface area contributed by atoms with Crippen LogP contribution in [0.5, 0.6) is 0 Å². The Morgan fingerprint density at radius 3 is 2.33 bits per heavy atom. The number of carbonyl (C=O) groups is 1. The Bertz CT molecular complexity index is 134. The highest BCUT2D eigenvalue weighted by atomic mass is 16.1. The molecule has 0 radical (unpaired) electrons. The van der Waals surface area contributed by atoms with Crippen molar-refractivity contribution >= 4 is 6.29 Å². The molecule has 1 N–H and O–H groups in total. The molecule has 0 spiro atoms. The van der Waals surface area contributed by atoms with Crippen molar-refractivity contribution in [2.24, 2.45) is 5.92 Å². The zero-order valence-electron chi connectivity index (χ0n) is 10.4. The van der Waals surface area contributed by atoms with Crippen molar-refractivity contribution in [2.45, 2.75) is 58.8 Å². The summed E-state index contributed by atoms with van der Waals surface area (Å²) in [5, 5.41) is 3.26. The fraction of sp³-hybridized carbons (Fsp3) is 0.923. The zero-order chi connectivity index (χ0) is 11.4. The molecule has 0 saturated heterocycles. The molecule has 0 fully saturated rings. The van der Waals surface area contributed by atoms with E-state index in [0.29, 0.717) is 6.42 Å². The number of hydrogen-bond acceptors (Lipinski definition) is 2. The topological polar surface area (TPSA) is 29.1 Å². The van der Waals surface area contributed by atoms with Crippen LogP contribution >= 0.6 is 0 Å². The summed E-state index contributed by atoms with van der Waals surface area (Å²) < 4.78 is 0. The fourth-order valence-corrected chi connectivity index (χ4v) is 1.62. The summed E-state index contributed by atoms with van der Waals surface area (Å²) in [5.41, 5.74) is 0. The fourth-order valence-electron chi connectivity index (χ4n) is 1.62. The van der Waals surface area contributed by atoms with Crippen molar-refractivity contribution in [1.29, 1.82) is 0 Å². The molecule has 0 atom stereocenters. The van der Waals surface area contributed by atoms with E-state index < -0.39 is 0 Å². The van der Waals surface area contributed by atoms with Crippen molar-refractivity contribution in [3.05, 3.63) is 0 Å². The van der Waals surface area contributed by atoms with Crippen molar-refractivity contribution < 1.29 is 4.79 Å². The molecule has 0 aliphatic carbocycles. The van der Waals surface area contributed by atoms with Crippen LogP contribution in [-0.2, 0) is 4.79 Å². The lowest BCUT2D eigenvalue weighted by Crippen LogP contribution is -2.16. The third kappa shape index (κ3) is 13.6. The Morgan fingerprint density at radius 2 is 1.67 bits per heavy atom. The molecule has 0 aromatic heterocycles. The Balaban J connectivity index is 2.89. The van der Waals surface area contributed by atoms with Gasteiger partial charge in [-0.2, -0.15) is 0 Å². The molecule has 0 unspecified atom stereocenters. The smallest absolute Gasteiger partial charge is 0.121 e. The molecular formula is C13H27NO. The maximum absolute atomic E-state index is 10.0. The van der Waals surface area contributed by atoms with Gasteiger partial charge in [0.05, 0.1) is 0 Å². The number of carbonyl (C=O) groups excluding carboxylic acids is 1. The van der Waals surface area contributed by atoms with E-state index in [0.717, 1.165) is 25.3 Å². The predicted octanol–water partition coefficient (Wildman–Crippen LogP) is 3.16. The van der Waals surface area contributed by atoms with E-state index in [1.54, 1.807) is 0 Å². The first-order chi connectivity index (χ1) is 7.27. The number of hydrogen-bond donors (Lipinski definition) is 1. The molecule has 90 valence electrons. The van der Waals surface area contributed by atoms with Crippen molar-refractivity contribution in [1.82, 2.24) is 5.32 Å². The van der Waals surface area contributed by atoms with Crippen LogP contribution in [0.1, 0.15) is 58.8 Å². The quantitative estimate of drug-likeness (QED) is 0.422. The molecule has 2 nitrogen and oxygen atoms in total. The molecule has 0 aliphatic heterocycles. The summed E-state index contributed by atoms with van der Waals surface area (Å²) >= 11 is 0. The summed E-state index contributed by atoms with van der Waals surface area (Å²) in [6, 6.07) is 0. The van der Waals surface area contributed by atoms with E-state index in [4.69, 9.17) is 0 Å². The predicted molar refractivity (Wildman–Crippen MR) is 66.1 cm³/mol. The van der Waals surface area contributed by atoms with E-state index in [-0.39, 0.29) is 0 Å². The van der Waals surface area contributed by atoms with E-state index >= 15 is 0 Å². The molecule has 0 heterocycles. The molecule has 0 bridgehead atoms. The van der Waals surface area contributed by atoms with Gasteiger partial charge in [0.2, 0.25) is 0 Å². The van der Waals surface area contributed by atoms with Crippen molar-refractivity contribution in [3.8, 4) is 0 Å². The van der Waals surface area contributed by atoms with Gasteiger partial charge in [-0.15, -0.1) is 0 Å². The molecule has 15 heavy (non-hydrogen) atoms. The first kappa shape index (κ1) is 14.6. The molecule has 0 amide bonds. The maximum atomic E-state index is 10.0. The molecule has 0 aliphatic rings. The minimum atomic E-state index is 0.647. The SMILES string of the molecule is CC(C)CCCCCCCNCCC=O. The van der Waals surface area contributed by atoms with Gasteiger partial charge in [-0.3, -0.25) is 0 Å². The van der Waals surface area contributed by atoms with Gasteiger partial charge in [0.1, 0.15) is 6.29 Å². The standard InChI is InChI=1S/C13H27NO/c1-13(2)9-6-4-3-5-7-10-14-11-8-12-15/h12-14H,3-11H2,1-2H3. The zero-order valence-corrected chi connectivity index (χ0v) is 10.4. The Morgan fingerprint density at radius 1 is 1.00 bits per heavy atom. The summed E-state index contributed by atoms with van der Waals surface area (Å²) in [6.45, 7) is 6.49. The Labute approximate surface area is 94.8 Å². The van der Waals surface area contributed by atoms with Crippen molar-refractivity contribution in [3.63, 3.8) is 0 Å². The monoisotopic (exact) mass is 213 g/mol. The maximum Gasteiger partial charge on any atom is 0.121 e. The normalized spacial score (nSPS) is 10.9. The Hall–Kier alpha value is -0.370. The van der Waals surface area contributed by atoms with Gasteiger partial charge in [0.25, 0.3) is 0 Å². The van der Waals surface area contributed by atoms with Crippen LogP contribution in [0.2, 0.25) is 0 Å². The third-order valence-electron chi connectivity index (χ3n) is 2.57. The van der Waals surface area contributed by atoms with Crippen LogP contribution in [0.25, 0.3) is 0 Å². The van der Waals surface area contributed by atoms with Gasteiger partial charge in [0, 0.05) is 13.0 Å². The number of rotatable bonds is 11. The second-order valence-corrected chi connectivity index (χ2v) is 4.66. The minimum Gasteiger partial charge on any atom is -0.316 e. The molecule has 0 rings (SSSR count). The highest BCUT2D eigenvalue weighted by Crippen LogP contribution is 2.09. The third-order valence-corrected chi connectivity index (χ3v) is 2.57. The molecular weight excluding hydrogens is 186 g/mol. The van der Waals surface area contributed by atoms with Crippen LogP contribution in [0.15, 0.2) is 0 Å². The van der Waals surface area contributed by atoms with Gasteiger partial charge in [-0.1, -0.05) is 46.0 Å². The van der Waals surface area contributed by atoms with Gasteiger partial charge in [-0.25, -0.2) is 0 Å². The largest absolute Gasteiger partial charge is 0.316 e. The average Bonchev–Trinajstić information content (AvgIpc) is 2.20. The van der Waals surface area contributed by atoms with Crippen LogP contribution in [-0.4, -0.2) is 19.4 Å². The number of unbranched alkanes of at least 4 members (excludes halogenated alkanes) is 4. The minimum absolute atomic E-state index is 0.647. The molecule has 0 aromatic carbocycles. The summed E-state index contributed by atoms with van der Waals surface area (Å²) in [4.78, 5) is 10.0.